The summed E-state index contributed by atoms with van der Waals surface area (Å²) in [7, 11) is 0. The number of nitrogens with two attached hydrogens (primary N) is 1. The van der Waals surface area contributed by atoms with Crippen LogP contribution in [0.1, 0.15) is 37.7 Å². The molecule has 0 radical (unpaired) electrons. The number of hydrogen-bond donors (Lipinski definition) is 3. The lowest BCUT2D eigenvalue weighted by molar-refractivity contribution is -0.123. The highest BCUT2D eigenvalue weighted by atomic mass is 16.4. The third-order valence-electron chi connectivity index (χ3n) is 4.03. The number of carbonyl (C=O) groups excluding carboxylic acids is 1. The number of oxime groups is 1. The molecule has 2 rings (SSSR count). The minimum atomic E-state index is -0.907. The molecule has 1 heterocycles. The first kappa shape index (κ1) is 14.3. The Balaban J connectivity index is 2.26. The van der Waals surface area contributed by atoms with Crippen molar-refractivity contribution in [2.75, 3.05) is 5.32 Å². The fourth-order valence-corrected chi connectivity index (χ4v) is 2.69. The van der Waals surface area contributed by atoms with E-state index in [1.165, 1.54) is 0 Å². The lowest BCUT2D eigenvalue weighted by atomic mass is 9.72. The van der Waals surface area contributed by atoms with Gasteiger partial charge in [0.05, 0.1) is 11.9 Å². The minimum Gasteiger partial charge on any atom is -0.409 e. The number of aromatic nitrogens is 1. The Bertz CT molecular complexity index is 522. The molecule has 6 nitrogen and oxygen atoms in total. The molecule has 0 aliphatic heterocycles. The minimum absolute atomic E-state index is 0.00348. The zero-order valence-electron chi connectivity index (χ0n) is 11.6. The predicted molar refractivity (Wildman–Crippen MR) is 76.5 cm³/mol. The highest BCUT2D eigenvalue weighted by molar-refractivity contribution is 6.12. The van der Waals surface area contributed by atoms with Gasteiger partial charge in [-0.25, -0.2) is 0 Å². The van der Waals surface area contributed by atoms with Crippen molar-refractivity contribution in [1.82, 2.24) is 4.98 Å². The number of pyridine rings is 1. The summed E-state index contributed by atoms with van der Waals surface area (Å²) in [4.78, 5) is 16.6. The van der Waals surface area contributed by atoms with Crippen LogP contribution in [0.3, 0.4) is 0 Å². The number of carbonyl (C=O) groups is 1. The van der Waals surface area contributed by atoms with E-state index < -0.39 is 5.41 Å². The van der Waals surface area contributed by atoms with Gasteiger partial charge in [-0.1, -0.05) is 24.4 Å². The zero-order valence-corrected chi connectivity index (χ0v) is 11.6. The van der Waals surface area contributed by atoms with Crippen LogP contribution in [0.2, 0.25) is 0 Å². The maximum absolute atomic E-state index is 12.6. The molecule has 6 heteroatoms. The van der Waals surface area contributed by atoms with Crippen molar-refractivity contribution in [2.24, 2.45) is 16.3 Å². The first-order valence-corrected chi connectivity index (χ1v) is 6.80. The van der Waals surface area contributed by atoms with Crippen molar-refractivity contribution < 1.29 is 10.0 Å². The Morgan fingerprint density at radius 1 is 1.45 bits per heavy atom. The summed E-state index contributed by atoms with van der Waals surface area (Å²) in [6.45, 7) is 1.90. The average molecular weight is 276 g/mol. The van der Waals surface area contributed by atoms with Crippen molar-refractivity contribution in [3.63, 3.8) is 0 Å². The van der Waals surface area contributed by atoms with Crippen LogP contribution in [0.4, 0.5) is 5.69 Å². The number of amidine groups is 1. The summed E-state index contributed by atoms with van der Waals surface area (Å²) in [5.41, 5.74) is 6.48. The summed E-state index contributed by atoms with van der Waals surface area (Å²) in [5, 5.41) is 14.9. The van der Waals surface area contributed by atoms with E-state index in [0.717, 1.165) is 24.8 Å². The summed E-state index contributed by atoms with van der Waals surface area (Å²) in [6.07, 6.45) is 7.36. The van der Waals surface area contributed by atoms with E-state index in [9.17, 15) is 4.79 Å². The van der Waals surface area contributed by atoms with Crippen LogP contribution >= 0.6 is 0 Å². The van der Waals surface area contributed by atoms with Gasteiger partial charge in [0.2, 0.25) is 5.91 Å². The average Bonchev–Trinajstić information content (AvgIpc) is 2.49. The van der Waals surface area contributed by atoms with Gasteiger partial charge in [-0.2, -0.15) is 0 Å². The Labute approximate surface area is 118 Å². The summed E-state index contributed by atoms with van der Waals surface area (Å²) < 4.78 is 0. The maximum Gasteiger partial charge on any atom is 0.238 e. The second kappa shape index (κ2) is 5.90. The fourth-order valence-electron chi connectivity index (χ4n) is 2.69. The molecule has 0 saturated heterocycles. The maximum atomic E-state index is 12.6. The van der Waals surface area contributed by atoms with E-state index in [2.05, 4.69) is 15.5 Å². The number of nitrogens with one attached hydrogen (secondary N) is 1. The lowest BCUT2D eigenvalue weighted by Gasteiger charge is -2.34. The van der Waals surface area contributed by atoms with E-state index in [1.54, 1.807) is 12.4 Å². The Morgan fingerprint density at radius 3 is 2.75 bits per heavy atom. The highest BCUT2D eigenvalue weighted by Gasteiger charge is 2.44. The summed E-state index contributed by atoms with van der Waals surface area (Å²) in [5.74, 6) is -0.222. The Morgan fingerprint density at radius 2 is 2.15 bits per heavy atom. The van der Waals surface area contributed by atoms with Crippen LogP contribution in [0, 0.1) is 12.3 Å². The van der Waals surface area contributed by atoms with Crippen LogP contribution in [0.15, 0.2) is 23.6 Å². The highest BCUT2D eigenvalue weighted by Crippen LogP contribution is 2.37. The SMILES string of the molecule is Cc1ccncc1NC(=O)C1(C(N)=NO)CCCCC1. The second-order valence-corrected chi connectivity index (χ2v) is 5.27. The van der Waals surface area contributed by atoms with Crippen LogP contribution < -0.4 is 11.1 Å². The van der Waals surface area contributed by atoms with Gasteiger partial charge < -0.3 is 16.3 Å². The van der Waals surface area contributed by atoms with Gasteiger partial charge in [-0.15, -0.1) is 0 Å². The third kappa shape index (κ3) is 2.59. The molecule has 0 aromatic carbocycles. The van der Waals surface area contributed by atoms with Crippen molar-refractivity contribution in [3.05, 3.63) is 24.0 Å². The Kier molecular flexibility index (Phi) is 4.22. The van der Waals surface area contributed by atoms with Crippen LogP contribution in [0.25, 0.3) is 0 Å². The molecular weight excluding hydrogens is 256 g/mol. The molecule has 1 fully saturated rings. The molecule has 1 amide bonds. The van der Waals surface area contributed by atoms with Gasteiger partial charge in [0, 0.05) is 6.20 Å². The van der Waals surface area contributed by atoms with Gasteiger partial charge in [0.25, 0.3) is 0 Å². The van der Waals surface area contributed by atoms with Crippen LogP contribution in [0.5, 0.6) is 0 Å². The molecule has 0 atom stereocenters. The largest absolute Gasteiger partial charge is 0.409 e. The number of nitrogens with zero attached hydrogens (tertiary/aromatic N) is 2. The van der Waals surface area contributed by atoms with Crippen molar-refractivity contribution in [2.45, 2.75) is 39.0 Å². The molecular formula is C14H20N4O2. The molecule has 1 saturated carbocycles. The van der Waals surface area contributed by atoms with Crippen molar-refractivity contribution in [1.29, 1.82) is 0 Å². The molecule has 20 heavy (non-hydrogen) atoms. The van der Waals surface area contributed by atoms with Crippen molar-refractivity contribution in [3.8, 4) is 0 Å². The molecule has 0 unspecified atom stereocenters. The summed E-state index contributed by atoms with van der Waals surface area (Å²) in [6, 6.07) is 1.83. The van der Waals surface area contributed by atoms with Gasteiger partial charge in [-0.3, -0.25) is 9.78 Å². The number of amides is 1. The van der Waals surface area contributed by atoms with Gasteiger partial charge in [-0.05, 0) is 31.4 Å². The molecule has 108 valence electrons. The first-order valence-electron chi connectivity index (χ1n) is 6.80. The summed E-state index contributed by atoms with van der Waals surface area (Å²) >= 11 is 0. The third-order valence-corrected chi connectivity index (χ3v) is 4.03. The van der Waals surface area contributed by atoms with E-state index in [-0.39, 0.29) is 11.7 Å². The van der Waals surface area contributed by atoms with E-state index in [0.29, 0.717) is 18.5 Å². The van der Waals surface area contributed by atoms with E-state index in [4.69, 9.17) is 10.9 Å². The smallest absolute Gasteiger partial charge is 0.238 e. The van der Waals surface area contributed by atoms with Crippen molar-refractivity contribution >= 4 is 17.4 Å². The molecule has 0 spiro atoms. The fraction of sp³-hybridized carbons (Fsp3) is 0.500. The monoisotopic (exact) mass is 276 g/mol. The van der Waals surface area contributed by atoms with Crippen LogP contribution in [-0.2, 0) is 4.79 Å². The zero-order chi connectivity index (χ0) is 14.6. The normalized spacial score (nSPS) is 18.6. The molecule has 1 aliphatic carbocycles. The quantitative estimate of drug-likeness (QED) is 0.340. The van der Waals surface area contributed by atoms with Gasteiger partial charge >= 0.3 is 0 Å². The van der Waals surface area contributed by atoms with E-state index >= 15 is 0 Å². The standard InChI is InChI=1S/C14H20N4O2/c1-10-5-8-16-9-11(10)17-13(19)14(12(15)18-20)6-3-2-4-7-14/h5,8-9,20H,2-4,6-7H2,1H3,(H2,15,18)(H,17,19). The molecule has 1 aromatic rings. The second-order valence-electron chi connectivity index (χ2n) is 5.27. The number of hydrogen-bond acceptors (Lipinski definition) is 4. The molecule has 4 N–H and O–H groups in total. The predicted octanol–water partition coefficient (Wildman–Crippen LogP) is 2.03. The van der Waals surface area contributed by atoms with Gasteiger partial charge in [0.15, 0.2) is 5.84 Å². The van der Waals surface area contributed by atoms with Crippen LogP contribution in [-0.4, -0.2) is 21.9 Å². The number of rotatable bonds is 3. The number of aryl methyl sites for hydroxylation is 1. The molecule has 1 aliphatic rings. The molecule has 0 bridgehead atoms. The molecule has 1 aromatic heterocycles. The number of anilines is 1. The van der Waals surface area contributed by atoms with Gasteiger partial charge in [0.1, 0.15) is 5.41 Å². The van der Waals surface area contributed by atoms with E-state index in [1.807, 2.05) is 13.0 Å². The first-order chi connectivity index (χ1) is 9.60. The topological polar surface area (TPSA) is 101 Å². The lowest BCUT2D eigenvalue weighted by Crippen LogP contribution is -2.48. The Hall–Kier alpha value is -2.11.